The molecule has 1 aromatic heterocycles. The number of imidazole rings is 1. The van der Waals surface area contributed by atoms with Gasteiger partial charge in [0.2, 0.25) is 0 Å². The Morgan fingerprint density at radius 2 is 2.00 bits per heavy atom. The lowest BCUT2D eigenvalue weighted by molar-refractivity contribution is 0.858. The van der Waals surface area contributed by atoms with Crippen LogP contribution in [0.3, 0.4) is 0 Å². The van der Waals surface area contributed by atoms with Gasteiger partial charge in [-0.25, -0.2) is 4.98 Å². The molecule has 0 aromatic carbocycles. The van der Waals surface area contributed by atoms with Crippen LogP contribution in [0.15, 0.2) is 11.2 Å². The van der Waals surface area contributed by atoms with Crippen LogP contribution >= 0.6 is 12.6 Å². The Morgan fingerprint density at radius 1 is 1.50 bits per heavy atom. The van der Waals surface area contributed by atoms with E-state index < -0.39 is 0 Å². The molecule has 0 saturated carbocycles. The molecular weight excluding hydrogens is 144 g/mol. The largest absolute Gasteiger partial charge is 0.337 e. The minimum atomic E-state index is 0.782. The fraction of sp³-hybridized carbons (Fsp3) is 0.571. The number of aryl methyl sites for hydroxylation is 2. The normalized spacial score (nSPS) is 8.50. The second-order valence-electron chi connectivity index (χ2n) is 1.76. The lowest BCUT2D eigenvalue weighted by Crippen LogP contribution is -1.86. The summed E-state index contributed by atoms with van der Waals surface area (Å²) in [5.41, 5.74) is 0. The molecule has 0 saturated heterocycles. The molecule has 58 valence electrons. The summed E-state index contributed by atoms with van der Waals surface area (Å²) in [7, 11) is 1.95. The lowest BCUT2D eigenvalue weighted by atomic mass is 10.7. The van der Waals surface area contributed by atoms with Crippen LogP contribution in [0.5, 0.6) is 0 Å². The summed E-state index contributed by atoms with van der Waals surface area (Å²) < 4.78 is 1.93. The van der Waals surface area contributed by atoms with E-state index in [1.807, 2.05) is 38.6 Å². The number of aromatic nitrogens is 2. The second kappa shape index (κ2) is 4.39. The summed E-state index contributed by atoms with van der Waals surface area (Å²) >= 11 is 4.04. The Hall–Kier alpha value is -0.440. The molecule has 0 bridgehead atoms. The highest BCUT2D eigenvalue weighted by molar-refractivity contribution is 7.80. The van der Waals surface area contributed by atoms with Gasteiger partial charge in [0.05, 0.1) is 0 Å². The van der Waals surface area contributed by atoms with Gasteiger partial charge < -0.3 is 4.57 Å². The minimum Gasteiger partial charge on any atom is -0.337 e. The molecule has 1 heterocycles. The number of rotatable bonds is 0. The summed E-state index contributed by atoms with van der Waals surface area (Å²) in [6, 6.07) is 0. The van der Waals surface area contributed by atoms with Gasteiger partial charge in [-0.1, -0.05) is 13.8 Å². The van der Waals surface area contributed by atoms with Crippen molar-refractivity contribution in [3.05, 3.63) is 12.0 Å². The van der Waals surface area contributed by atoms with E-state index >= 15 is 0 Å². The van der Waals surface area contributed by atoms with Gasteiger partial charge in [-0.15, -0.1) is 12.6 Å². The lowest BCUT2D eigenvalue weighted by Gasteiger charge is -1.87. The van der Waals surface area contributed by atoms with Crippen LogP contribution < -0.4 is 0 Å². The Morgan fingerprint density at radius 3 is 2.10 bits per heavy atom. The van der Waals surface area contributed by atoms with E-state index in [1.165, 1.54) is 0 Å². The highest BCUT2D eigenvalue weighted by Crippen LogP contribution is 2.02. The monoisotopic (exact) mass is 158 g/mol. The third kappa shape index (κ3) is 2.43. The molecule has 0 fully saturated rings. The van der Waals surface area contributed by atoms with E-state index in [1.54, 1.807) is 0 Å². The van der Waals surface area contributed by atoms with Gasteiger partial charge >= 0.3 is 0 Å². The SMILES string of the molecule is CC.Cc1nc(S)cn1C. The van der Waals surface area contributed by atoms with E-state index in [0.29, 0.717) is 0 Å². The van der Waals surface area contributed by atoms with Gasteiger partial charge in [0.1, 0.15) is 10.9 Å². The standard InChI is InChI=1S/C5H8N2S.C2H6/c1-4-6-5(8)3-7(4)2;1-2/h3,8H,1-2H3;1-2H3. The molecule has 0 N–H and O–H groups in total. The molecular formula is C7H14N2S. The maximum Gasteiger partial charge on any atom is 0.111 e. The zero-order chi connectivity index (χ0) is 8.15. The molecule has 10 heavy (non-hydrogen) atoms. The molecule has 0 aliphatic heterocycles. The van der Waals surface area contributed by atoms with Crippen molar-refractivity contribution in [2.24, 2.45) is 7.05 Å². The topological polar surface area (TPSA) is 17.8 Å². The molecule has 3 heteroatoms. The first-order valence-electron chi connectivity index (χ1n) is 3.39. The van der Waals surface area contributed by atoms with Gasteiger partial charge in [-0.05, 0) is 6.92 Å². The van der Waals surface area contributed by atoms with Crippen LogP contribution in [0.2, 0.25) is 0 Å². The van der Waals surface area contributed by atoms with E-state index in [-0.39, 0.29) is 0 Å². The molecule has 2 nitrogen and oxygen atoms in total. The summed E-state index contributed by atoms with van der Waals surface area (Å²) in [6.07, 6.45) is 1.87. The van der Waals surface area contributed by atoms with E-state index in [9.17, 15) is 0 Å². The van der Waals surface area contributed by atoms with Crippen LogP contribution in [-0.4, -0.2) is 9.55 Å². The number of nitrogens with zero attached hydrogens (tertiary/aromatic N) is 2. The fourth-order valence-corrected chi connectivity index (χ4v) is 0.858. The van der Waals surface area contributed by atoms with Gasteiger partial charge in [-0.2, -0.15) is 0 Å². The Balaban J connectivity index is 0.000000371. The van der Waals surface area contributed by atoms with Gasteiger partial charge in [0.15, 0.2) is 0 Å². The number of thiol groups is 1. The van der Waals surface area contributed by atoms with Crippen molar-refractivity contribution in [1.82, 2.24) is 9.55 Å². The van der Waals surface area contributed by atoms with Gasteiger partial charge in [0, 0.05) is 13.2 Å². The number of hydrogen-bond acceptors (Lipinski definition) is 2. The predicted octanol–water partition coefficient (Wildman–Crippen LogP) is 2.04. The average Bonchev–Trinajstić information content (AvgIpc) is 2.16. The third-order valence-corrected chi connectivity index (χ3v) is 1.31. The maximum absolute atomic E-state index is 4.04. The van der Waals surface area contributed by atoms with E-state index in [0.717, 1.165) is 10.9 Å². The Bertz CT molecular complexity index is 174. The molecule has 0 aliphatic carbocycles. The van der Waals surface area contributed by atoms with Crippen molar-refractivity contribution in [3.63, 3.8) is 0 Å². The van der Waals surface area contributed by atoms with Crippen molar-refractivity contribution < 1.29 is 0 Å². The molecule has 0 unspecified atom stereocenters. The second-order valence-corrected chi connectivity index (χ2v) is 2.22. The third-order valence-electron chi connectivity index (χ3n) is 1.10. The Labute approximate surface area is 67.7 Å². The van der Waals surface area contributed by atoms with Crippen molar-refractivity contribution >= 4 is 12.6 Å². The quantitative estimate of drug-likeness (QED) is 0.572. The summed E-state index contributed by atoms with van der Waals surface area (Å²) in [6.45, 7) is 5.94. The van der Waals surface area contributed by atoms with Crippen molar-refractivity contribution in [2.45, 2.75) is 25.8 Å². The van der Waals surface area contributed by atoms with Crippen LogP contribution in [-0.2, 0) is 7.05 Å². The van der Waals surface area contributed by atoms with Crippen LogP contribution in [0.1, 0.15) is 19.7 Å². The fourth-order valence-electron chi connectivity index (χ4n) is 0.540. The predicted molar refractivity (Wildman–Crippen MR) is 46.5 cm³/mol. The molecule has 0 aliphatic rings. The first-order chi connectivity index (χ1) is 4.70. The summed E-state index contributed by atoms with van der Waals surface area (Å²) in [4.78, 5) is 4.04. The first-order valence-corrected chi connectivity index (χ1v) is 3.84. The highest BCUT2D eigenvalue weighted by atomic mass is 32.1. The highest BCUT2D eigenvalue weighted by Gasteiger charge is 1.92. The number of hydrogen-bond donors (Lipinski definition) is 1. The molecule has 1 aromatic rings. The van der Waals surface area contributed by atoms with Gasteiger partial charge in [-0.3, -0.25) is 0 Å². The van der Waals surface area contributed by atoms with Crippen molar-refractivity contribution in [3.8, 4) is 0 Å². The molecule has 0 radical (unpaired) electrons. The summed E-state index contributed by atoms with van der Waals surface area (Å²) in [5.74, 6) is 0.995. The molecule has 1 rings (SSSR count). The van der Waals surface area contributed by atoms with Crippen molar-refractivity contribution in [2.75, 3.05) is 0 Å². The maximum atomic E-state index is 4.04. The molecule has 0 amide bonds. The van der Waals surface area contributed by atoms with Crippen LogP contribution in [0.4, 0.5) is 0 Å². The average molecular weight is 158 g/mol. The van der Waals surface area contributed by atoms with Crippen LogP contribution in [0.25, 0.3) is 0 Å². The first kappa shape index (κ1) is 9.56. The smallest absolute Gasteiger partial charge is 0.111 e. The van der Waals surface area contributed by atoms with E-state index in [2.05, 4.69) is 17.6 Å². The van der Waals surface area contributed by atoms with Crippen LogP contribution in [0, 0.1) is 6.92 Å². The van der Waals surface area contributed by atoms with Gasteiger partial charge in [0.25, 0.3) is 0 Å². The summed E-state index contributed by atoms with van der Waals surface area (Å²) in [5, 5.41) is 0.782. The minimum absolute atomic E-state index is 0.782. The van der Waals surface area contributed by atoms with Crippen molar-refractivity contribution in [1.29, 1.82) is 0 Å². The Kier molecular flexibility index (Phi) is 4.19. The van der Waals surface area contributed by atoms with E-state index in [4.69, 9.17) is 0 Å². The molecule has 0 atom stereocenters. The molecule has 0 spiro atoms. The zero-order valence-electron chi connectivity index (χ0n) is 6.92. The zero-order valence-corrected chi connectivity index (χ0v) is 7.81.